The quantitative estimate of drug-likeness (QED) is 0.633. The third kappa shape index (κ3) is 4.61. The number of hydrogen-bond donors (Lipinski definition) is 2. The average Bonchev–Trinajstić information content (AvgIpc) is 3.42. The summed E-state index contributed by atoms with van der Waals surface area (Å²) in [5.41, 5.74) is 6.60. The Morgan fingerprint density at radius 1 is 1.12 bits per heavy atom. The molecule has 182 valence electrons. The number of benzene rings is 1. The van der Waals surface area contributed by atoms with Gasteiger partial charge in [0.15, 0.2) is 11.6 Å². The minimum atomic E-state index is -4.34. The van der Waals surface area contributed by atoms with Gasteiger partial charge in [-0.05, 0) is 49.9 Å². The molecule has 1 saturated heterocycles. The van der Waals surface area contributed by atoms with E-state index < -0.39 is 18.2 Å². The van der Waals surface area contributed by atoms with Gasteiger partial charge in [0, 0.05) is 13.1 Å². The second kappa shape index (κ2) is 8.61. The fourth-order valence-corrected chi connectivity index (χ4v) is 4.53. The van der Waals surface area contributed by atoms with E-state index in [1.165, 1.54) is 18.4 Å². The number of nitrogens with zero attached hydrogens (tertiary/aromatic N) is 4. The highest BCUT2D eigenvalue weighted by Gasteiger charge is 2.64. The average molecular weight is 477 g/mol. The van der Waals surface area contributed by atoms with Gasteiger partial charge in [-0.25, -0.2) is 0 Å². The van der Waals surface area contributed by atoms with Crippen LogP contribution in [0.1, 0.15) is 36.8 Å². The van der Waals surface area contributed by atoms with Crippen LogP contribution < -0.4 is 20.7 Å². The monoisotopic (exact) mass is 476 g/mol. The molecule has 2 aliphatic heterocycles. The van der Waals surface area contributed by atoms with Gasteiger partial charge in [-0.3, -0.25) is 9.69 Å². The number of fused-ring (bicyclic) bond motifs is 1. The first-order chi connectivity index (χ1) is 16.2. The highest BCUT2D eigenvalue weighted by Crippen LogP contribution is 2.57. The van der Waals surface area contributed by atoms with Crippen LogP contribution in [0.5, 0.6) is 6.01 Å². The van der Waals surface area contributed by atoms with Crippen molar-refractivity contribution in [2.75, 3.05) is 42.2 Å². The molecule has 3 N–H and O–H groups in total. The summed E-state index contributed by atoms with van der Waals surface area (Å²) in [4.78, 5) is 24.8. The zero-order chi connectivity index (χ0) is 23.9. The van der Waals surface area contributed by atoms with Crippen molar-refractivity contribution in [2.45, 2.75) is 44.9 Å². The summed E-state index contributed by atoms with van der Waals surface area (Å²) in [6, 6.07) is 7.92. The van der Waals surface area contributed by atoms with Crippen molar-refractivity contribution in [3.8, 4) is 6.01 Å². The van der Waals surface area contributed by atoms with Crippen molar-refractivity contribution in [2.24, 2.45) is 5.41 Å². The second-order valence-electron chi connectivity index (χ2n) is 9.36. The summed E-state index contributed by atoms with van der Waals surface area (Å²) < 4.78 is 45.1. The molecule has 0 unspecified atom stereocenters. The first kappa shape index (κ1) is 22.7. The number of alkyl halides is 3. The van der Waals surface area contributed by atoms with E-state index in [4.69, 9.17) is 10.5 Å². The van der Waals surface area contributed by atoms with Crippen LogP contribution in [0.3, 0.4) is 0 Å². The van der Waals surface area contributed by atoms with Crippen LogP contribution >= 0.6 is 0 Å². The van der Waals surface area contributed by atoms with Gasteiger partial charge in [0.1, 0.15) is 17.7 Å². The molecule has 1 amide bonds. The number of nitrogen functional groups attached to an aromatic ring is 1. The molecule has 8 nitrogen and oxygen atoms in total. The van der Waals surface area contributed by atoms with E-state index in [0.717, 1.165) is 25.2 Å². The first-order valence-electron chi connectivity index (χ1n) is 11.4. The van der Waals surface area contributed by atoms with Gasteiger partial charge >= 0.3 is 12.2 Å². The lowest BCUT2D eigenvalue weighted by atomic mass is 10.1. The van der Waals surface area contributed by atoms with Crippen LogP contribution in [-0.2, 0) is 17.9 Å². The molecule has 5 rings (SSSR count). The molecular weight excluding hydrogens is 449 g/mol. The van der Waals surface area contributed by atoms with Crippen LogP contribution in [-0.4, -0.2) is 53.2 Å². The minimum absolute atomic E-state index is 0.0207. The number of carbonyl (C=O) groups excluding carboxylic acids is 1. The highest BCUT2D eigenvalue weighted by molar-refractivity contribution is 6.03. The molecule has 3 aliphatic rings. The summed E-state index contributed by atoms with van der Waals surface area (Å²) in [6.45, 7) is 2.93. The molecule has 0 spiro atoms. The Bertz CT molecular complexity index is 1080. The zero-order valence-electron chi connectivity index (χ0n) is 18.7. The fraction of sp³-hybridized carbons (Fsp3) is 0.522. The maximum Gasteiger partial charge on any atom is 0.397 e. The number of nitrogens with one attached hydrogen (secondary N) is 1. The SMILES string of the molecule is Nc1nc(OCC2(C(F)(F)F)CC2)nc2c1NC(=O)CN2Cc1cccc(CN2CCCC2)c1. The van der Waals surface area contributed by atoms with Crippen molar-refractivity contribution in [3.63, 3.8) is 0 Å². The zero-order valence-corrected chi connectivity index (χ0v) is 18.7. The molecule has 1 saturated carbocycles. The van der Waals surface area contributed by atoms with Gasteiger partial charge < -0.3 is 20.7 Å². The van der Waals surface area contributed by atoms with E-state index in [1.807, 2.05) is 12.1 Å². The molecule has 1 aliphatic carbocycles. The molecular formula is C23H27F3N6O2. The molecule has 2 fully saturated rings. The van der Waals surface area contributed by atoms with E-state index in [9.17, 15) is 18.0 Å². The molecule has 2 aromatic rings. The van der Waals surface area contributed by atoms with Crippen molar-refractivity contribution >= 4 is 23.2 Å². The number of ether oxygens (including phenoxy) is 1. The maximum atomic E-state index is 13.3. The van der Waals surface area contributed by atoms with Gasteiger partial charge in [0.25, 0.3) is 0 Å². The maximum absolute atomic E-state index is 13.3. The van der Waals surface area contributed by atoms with E-state index in [2.05, 4.69) is 32.3 Å². The fourth-order valence-electron chi connectivity index (χ4n) is 4.53. The molecule has 0 atom stereocenters. The number of carbonyl (C=O) groups is 1. The number of halogens is 3. The Balaban J connectivity index is 1.35. The van der Waals surface area contributed by atoms with Crippen LogP contribution in [0.2, 0.25) is 0 Å². The molecule has 34 heavy (non-hydrogen) atoms. The Morgan fingerprint density at radius 2 is 1.82 bits per heavy atom. The van der Waals surface area contributed by atoms with E-state index in [-0.39, 0.29) is 42.8 Å². The lowest BCUT2D eigenvalue weighted by Gasteiger charge is -2.30. The molecule has 0 radical (unpaired) electrons. The summed E-state index contributed by atoms with van der Waals surface area (Å²) in [5.74, 6) is 0.0280. The van der Waals surface area contributed by atoms with E-state index in [1.54, 1.807) is 4.90 Å². The van der Waals surface area contributed by atoms with Crippen LogP contribution in [0.4, 0.5) is 30.5 Å². The highest BCUT2D eigenvalue weighted by atomic mass is 19.4. The van der Waals surface area contributed by atoms with Crippen molar-refractivity contribution in [3.05, 3.63) is 35.4 Å². The molecule has 1 aromatic carbocycles. The first-order valence-corrected chi connectivity index (χ1v) is 11.4. The van der Waals surface area contributed by atoms with Gasteiger partial charge in [0.05, 0.1) is 6.54 Å². The van der Waals surface area contributed by atoms with Crippen molar-refractivity contribution in [1.82, 2.24) is 14.9 Å². The third-order valence-electron chi connectivity index (χ3n) is 6.70. The molecule has 0 bridgehead atoms. The summed E-state index contributed by atoms with van der Waals surface area (Å²) >= 11 is 0. The van der Waals surface area contributed by atoms with Crippen LogP contribution in [0, 0.1) is 5.41 Å². The number of anilines is 3. The molecule has 1 aromatic heterocycles. The van der Waals surface area contributed by atoms with Gasteiger partial charge in [-0.1, -0.05) is 24.3 Å². The molecule has 11 heteroatoms. The Hall–Kier alpha value is -3.08. The number of likely N-dealkylation sites (tertiary alicyclic amines) is 1. The smallest absolute Gasteiger partial charge is 0.397 e. The Labute approximate surface area is 195 Å². The number of hydrogen-bond acceptors (Lipinski definition) is 7. The summed E-state index contributed by atoms with van der Waals surface area (Å²) in [5, 5.41) is 2.67. The largest absolute Gasteiger partial charge is 0.462 e. The third-order valence-corrected chi connectivity index (χ3v) is 6.70. The van der Waals surface area contributed by atoms with Gasteiger partial charge in [-0.15, -0.1) is 0 Å². The van der Waals surface area contributed by atoms with Gasteiger partial charge in [0.2, 0.25) is 5.91 Å². The van der Waals surface area contributed by atoms with Crippen LogP contribution in [0.15, 0.2) is 24.3 Å². The number of rotatable bonds is 7. The standard InChI is InChI=1S/C23H27F3N6O2/c24-23(25,26)22(6-7-22)14-34-21-29-19(27)18-20(30-21)32(13-17(33)28-18)12-16-5-3-4-15(10-16)11-31-8-1-2-9-31/h3-5,10H,1-2,6-9,11-14H2,(H,28,33)(H2,27,29,30). The number of amides is 1. The molecule has 3 heterocycles. The predicted molar refractivity (Wildman–Crippen MR) is 120 cm³/mol. The van der Waals surface area contributed by atoms with E-state index in [0.29, 0.717) is 12.4 Å². The van der Waals surface area contributed by atoms with Gasteiger partial charge in [-0.2, -0.15) is 23.1 Å². The van der Waals surface area contributed by atoms with E-state index >= 15 is 0 Å². The lowest BCUT2D eigenvalue weighted by Crippen LogP contribution is -2.39. The normalized spacial score (nSPS) is 19.6. The Morgan fingerprint density at radius 3 is 2.50 bits per heavy atom. The topological polar surface area (TPSA) is 96.6 Å². The number of nitrogens with two attached hydrogens (primary N) is 1. The lowest BCUT2D eigenvalue weighted by molar-refractivity contribution is -0.194. The number of aromatic nitrogens is 2. The Kier molecular flexibility index (Phi) is 5.75. The van der Waals surface area contributed by atoms with Crippen molar-refractivity contribution < 1.29 is 22.7 Å². The van der Waals surface area contributed by atoms with Crippen molar-refractivity contribution in [1.29, 1.82) is 0 Å². The summed E-state index contributed by atoms with van der Waals surface area (Å²) in [6.07, 6.45) is -1.86. The predicted octanol–water partition coefficient (Wildman–Crippen LogP) is 3.33. The minimum Gasteiger partial charge on any atom is -0.462 e. The summed E-state index contributed by atoms with van der Waals surface area (Å²) in [7, 11) is 0. The van der Waals surface area contributed by atoms with Crippen LogP contribution in [0.25, 0.3) is 0 Å². The second-order valence-corrected chi connectivity index (χ2v) is 9.36.